The van der Waals surface area contributed by atoms with E-state index in [1.807, 2.05) is 4.57 Å². The minimum atomic E-state index is 0.564. The van der Waals surface area contributed by atoms with Crippen LogP contribution in [-0.2, 0) is 6.54 Å². The van der Waals surface area contributed by atoms with Crippen LogP contribution in [0.15, 0.2) is 29.1 Å². The van der Waals surface area contributed by atoms with Crippen molar-refractivity contribution in [2.24, 2.45) is 0 Å². The van der Waals surface area contributed by atoms with Gasteiger partial charge in [-0.25, -0.2) is 4.98 Å². The maximum atomic E-state index is 5.59. The number of nitrogens with one attached hydrogen (secondary N) is 1. The number of hydrogen-bond donors (Lipinski definition) is 1. The second-order valence-electron chi connectivity index (χ2n) is 5.34. The molecule has 0 aliphatic rings. The summed E-state index contributed by atoms with van der Waals surface area (Å²) in [6.45, 7) is 8.04. The molecule has 5 heteroatoms. The van der Waals surface area contributed by atoms with Gasteiger partial charge in [0, 0.05) is 6.54 Å². The Morgan fingerprint density at radius 2 is 2.05 bits per heavy atom. The van der Waals surface area contributed by atoms with Gasteiger partial charge in [-0.05, 0) is 50.1 Å². The van der Waals surface area contributed by atoms with E-state index in [-0.39, 0.29) is 0 Å². The fourth-order valence-electron chi connectivity index (χ4n) is 2.30. The molecule has 0 atom stereocenters. The van der Waals surface area contributed by atoms with E-state index in [0.29, 0.717) is 6.01 Å². The van der Waals surface area contributed by atoms with Crippen LogP contribution in [0.3, 0.4) is 0 Å². The lowest BCUT2D eigenvalue weighted by Gasteiger charge is -2.02. The first-order valence-corrected chi connectivity index (χ1v) is 7.29. The summed E-state index contributed by atoms with van der Waals surface area (Å²) in [6.07, 6.45) is 4.57. The van der Waals surface area contributed by atoms with E-state index >= 15 is 0 Å². The van der Waals surface area contributed by atoms with Crippen molar-refractivity contribution in [2.45, 2.75) is 33.7 Å². The van der Waals surface area contributed by atoms with Gasteiger partial charge in [0.1, 0.15) is 12.6 Å². The lowest BCUT2D eigenvalue weighted by Crippen LogP contribution is -2.14. The average molecular weight is 284 g/mol. The molecule has 2 aromatic heterocycles. The first-order valence-electron chi connectivity index (χ1n) is 7.29. The number of aromatic nitrogens is 3. The van der Waals surface area contributed by atoms with Gasteiger partial charge in [0.2, 0.25) is 0 Å². The standard InChI is InChI=1S/C16H20N4O/c1-4-5-17-8-13-9-21-16(19-13)20-10-18-14-6-11(2)12(3)7-15(14)20/h6-7,9-10,17H,4-5,8H2,1-3H3. The molecule has 3 rings (SSSR count). The number of rotatable bonds is 5. The van der Waals surface area contributed by atoms with E-state index in [1.165, 1.54) is 11.1 Å². The molecule has 0 saturated carbocycles. The molecular formula is C16H20N4O. The molecule has 0 unspecified atom stereocenters. The topological polar surface area (TPSA) is 55.9 Å². The lowest BCUT2D eigenvalue weighted by atomic mass is 10.1. The van der Waals surface area contributed by atoms with E-state index in [0.717, 1.165) is 36.2 Å². The van der Waals surface area contributed by atoms with Crippen molar-refractivity contribution in [1.82, 2.24) is 19.9 Å². The third-order valence-electron chi connectivity index (χ3n) is 3.64. The molecule has 0 aliphatic carbocycles. The predicted molar refractivity (Wildman–Crippen MR) is 82.6 cm³/mol. The van der Waals surface area contributed by atoms with Crippen molar-refractivity contribution >= 4 is 11.0 Å². The van der Waals surface area contributed by atoms with Crippen LogP contribution in [0.5, 0.6) is 0 Å². The summed E-state index contributed by atoms with van der Waals surface area (Å²) in [5.41, 5.74) is 5.37. The molecule has 0 spiro atoms. The summed E-state index contributed by atoms with van der Waals surface area (Å²) in [5, 5.41) is 3.32. The Kier molecular flexibility index (Phi) is 3.75. The number of oxazole rings is 1. The zero-order valence-corrected chi connectivity index (χ0v) is 12.7. The van der Waals surface area contributed by atoms with Crippen molar-refractivity contribution in [3.8, 4) is 6.01 Å². The number of hydrogen-bond acceptors (Lipinski definition) is 4. The molecule has 0 aliphatic heterocycles. The number of imidazole rings is 1. The van der Waals surface area contributed by atoms with E-state index in [2.05, 4.69) is 48.2 Å². The SMILES string of the molecule is CCCNCc1coc(-n2cnc3cc(C)c(C)cc32)n1. The molecule has 3 aromatic rings. The van der Waals surface area contributed by atoms with Crippen LogP contribution in [0, 0.1) is 13.8 Å². The monoisotopic (exact) mass is 284 g/mol. The number of aryl methyl sites for hydroxylation is 2. The highest BCUT2D eigenvalue weighted by atomic mass is 16.4. The Labute approximate surface area is 124 Å². The van der Waals surface area contributed by atoms with Crippen LogP contribution in [-0.4, -0.2) is 21.1 Å². The summed E-state index contributed by atoms with van der Waals surface area (Å²) < 4.78 is 7.48. The largest absolute Gasteiger partial charge is 0.431 e. The zero-order chi connectivity index (χ0) is 14.8. The summed E-state index contributed by atoms with van der Waals surface area (Å²) in [6, 6.07) is 4.78. The molecule has 2 heterocycles. The molecule has 0 saturated heterocycles. The molecule has 5 nitrogen and oxygen atoms in total. The van der Waals surface area contributed by atoms with Crippen molar-refractivity contribution in [2.75, 3.05) is 6.54 Å². The van der Waals surface area contributed by atoms with Gasteiger partial charge in [0.15, 0.2) is 0 Å². The third kappa shape index (κ3) is 2.69. The zero-order valence-electron chi connectivity index (χ0n) is 12.7. The number of fused-ring (bicyclic) bond motifs is 1. The number of benzene rings is 1. The normalized spacial score (nSPS) is 11.4. The lowest BCUT2D eigenvalue weighted by molar-refractivity contribution is 0.529. The molecule has 0 amide bonds. The minimum Gasteiger partial charge on any atom is -0.431 e. The fourth-order valence-corrected chi connectivity index (χ4v) is 2.30. The third-order valence-corrected chi connectivity index (χ3v) is 3.64. The second-order valence-corrected chi connectivity index (χ2v) is 5.34. The van der Waals surface area contributed by atoms with Gasteiger partial charge in [-0.3, -0.25) is 4.57 Å². The van der Waals surface area contributed by atoms with Gasteiger partial charge in [-0.15, -0.1) is 0 Å². The Morgan fingerprint density at radius 3 is 2.86 bits per heavy atom. The predicted octanol–water partition coefficient (Wildman–Crippen LogP) is 3.13. The maximum Gasteiger partial charge on any atom is 0.307 e. The van der Waals surface area contributed by atoms with E-state index < -0.39 is 0 Å². The molecule has 0 bridgehead atoms. The molecule has 1 N–H and O–H groups in total. The van der Waals surface area contributed by atoms with Gasteiger partial charge in [0.05, 0.1) is 16.7 Å². The molecule has 0 fully saturated rings. The maximum absolute atomic E-state index is 5.59. The van der Waals surface area contributed by atoms with E-state index in [4.69, 9.17) is 4.42 Å². The minimum absolute atomic E-state index is 0.564. The summed E-state index contributed by atoms with van der Waals surface area (Å²) >= 11 is 0. The molecule has 21 heavy (non-hydrogen) atoms. The summed E-state index contributed by atoms with van der Waals surface area (Å²) in [7, 11) is 0. The Morgan fingerprint density at radius 1 is 1.24 bits per heavy atom. The van der Waals surface area contributed by atoms with Gasteiger partial charge < -0.3 is 9.73 Å². The van der Waals surface area contributed by atoms with Crippen LogP contribution in [0.2, 0.25) is 0 Å². The van der Waals surface area contributed by atoms with Crippen molar-refractivity contribution in [3.63, 3.8) is 0 Å². The van der Waals surface area contributed by atoms with Gasteiger partial charge in [-0.1, -0.05) is 6.92 Å². The Hall–Kier alpha value is -2.14. The number of nitrogens with zero attached hydrogens (tertiary/aromatic N) is 3. The molecule has 110 valence electrons. The smallest absolute Gasteiger partial charge is 0.307 e. The van der Waals surface area contributed by atoms with E-state index in [1.54, 1.807) is 12.6 Å². The van der Waals surface area contributed by atoms with Crippen LogP contribution in [0.25, 0.3) is 17.0 Å². The molecular weight excluding hydrogens is 264 g/mol. The quantitative estimate of drug-likeness (QED) is 0.731. The second kappa shape index (κ2) is 5.69. The van der Waals surface area contributed by atoms with Gasteiger partial charge in [0.25, 0.3) is 0 Å². The highest BCUT2D eigenvalue weighted by molar-refractivity contribution is 5.78. The average Bonchev–Trinajstić information content (AvgIpc) is 3.07. The van der Waals surface area contributed by atoms with Crippen LogP contribution in [0.1, 0.15) is 30.2 Å². The highest BCUT2D eigenvalue weighted by Crippen LogP contribution is 2.21. The van der Waals surface area contributed by atoms with Gasteiger partial charge >= 0.3 is 6.01 Å². The van der Waals surface area contributed by atoms with Gasteiger partial charge in [-0.2, -0.15) is 4.98 Å². The van der Waals surface area contributed by atoms with Crippen molar-refractivity contribution < 1.29 is 4.42 Å². The summed E-state index contributed by atoms with van der Waals surface area (Å²) in [4.78, 5) is 8.95. The van der Waals surface area contributed by atoms with Crippen molar-refractivity contribution in [1.29, 1.82) is 0 Å². The fraction of sp³-hybridized carbons (Fsp3) is 0.375. The first kappa shape index (κ1) is 13.8. The summed E-state index contributed by atoms with van der Waals surface area (Å²) in [5.74, 6) is 0. The van der Waals surface area contributed by atoms with Crippen LogP contribution < -0.4 is 5.32 Å². The highest BCUT2D eigenvalue weighted by Gasteiger charge is 2.11. The van der Waals surface area contributed by atoms with Crippen molar-refractivity contribution in [3.05, 3.63) is 41.5 Å². The van der Waals surface area contributed by atoms with Crippen LogP contribution >= 0.6 is 0 Å². The first-order chi connectivity index (χ1) is 10.2. The molecule has 0 radical (unpaired) electrons. The molecule has 1 aromatic carbocycles. The Balaban J connectivity index is 1.92. The van der Waals surface area contributed by atoms with E-state index in [9.17, 15) is 0 Å². The Bertz CT molecular complexity index is 757. The van der Waals surface area contributed by atoms with Crippen LogP contribution in [0.4, 0.5) is 0 Å².